The van der Waals surface area contributed by atoms with E-state index < -0.39 is 29.8 Å². The van der Waals surface area contributed by atoms with Gasteiger partial charge in [-0.25, -0.2) is 9.59 Å². The summed E-state index contributed by atoms with van der Waals surface area (Å²) in [7, 11) is 0. The van der Waals surface area contributed by atoms with E-state index in [0.29, 0.717) is 11.1 Å². The number of benzene rings is 1. The standard InChI is InChI=1S/C14H18N4O4/c1-3-8-4-5-9(7(2)6-8)10(11(19)17-13(15)21)12(20)18-14(16)22/h4-6,10H,3H2,1-2H3,(H3,15,17,19,21)(H3,16,18,20,22). The van der Waals surface area contributed by atoms with Crippen molar-refractivity contribution < 1.29 is 19.2 Å². The van der Waals surface area contributed by atoms with Crippen LogP contribution in [0.1, 0.15) is 29.5 Å². The van der Waals surface area contributed by atoms with E-state index in [0.717, 1.165) is 12.0 Å². The second-order valence-corrected chi connectivity index (χ2v) is 4.68. The van der Waals surface area contributed by atoms with Gasteiger partial charge in [-0.15, -0.1) is 0 Å². The zero-order valence-corrected chi connectivity index (χ0v) is 12.3. The van der Waals surface area contributed by atoms with Gasteiger partial charge in [0.15, 0.2) is 0 Å². The second-order valence-electron chi connectivity index (χ2n) is 4.68. The summed E-state index contributed by atoms with van der Waals surface area (Å²) in [5, 5.41) is 3.68. The predicted molar refractivity (Wildman–Crippen MR) is 78.8 cm³/mol. The second kappa shape index (κ2) is 7.21. The number of imide groups is 2. The van der Waals surface area contributed by atoms with Crippen molar-refractivity contribution >= 4 is 23.9 Å². The molecule has 1 aromatic carbocycles. The molecule has 0 atom stereocenters. The molecular formula is C14H18N4O4. The summed E-state index contributed by atoms with van der Waals surface area (Å²) in [6, 6.07) is 2.98. The fourth-order valence-electron chi connectivity index (χ4n) is 2.07. The van der Waals surface area contributed by atoms with Gasteiger partial charge in [0, 0.05) is 0 Å². The van der Waals surface area contributed by atoms with E-state index in [1.165, 1.54) is 0 Å². The highest BCUT2D eigenvalue weighted by molar-refractivity contribution is 6.13. The molecule has 22 heavy (non-hydrogen) atoms. The highest BCUT2D eigenvalue weighted by Crippen LogP contribution is 2.22. The zero-order chi connectivity index (χ0) is 16.9. The van der Waals surface area contributed by atoms with Crippen LogP contribution >= 0.6 is 0 Å². The number of amides is 6. The summed E-state index contributed by atoms with van der Waals surface area (Å²) in [6.45, 7) is 3.68. The summed E-state index contributed by atoms with van der Waals surface area (Å²) < 4.78 is 0. The van der Waals surface area contributed by atoms with Crippen LogP contribution in [0.3, 0.4) is 0 Å². The average Bonchev–Trinajstić information content (AvgIpc) is 2.39. The number of carbonyl (C=O) groups excluding carboxylic acids is 4. The lowest BCUT2D eigenvalue weighted by molar-refractivity contribution is -0.130. The smallest absolute Gasteiger partial charge is 0.318 e. The number of nitrogens with one attached hydrogen (secondary N) is 2. The van der Waals surface area contributed by atoms with Gasteiger partial charge in [0.05, 0.1) is 0 Å². The van der Waals surface area contributed by atoms with Crippen LogP contribution in [0.15, 0.2) is 18.2 Å². The first kappa shape index (κ1) is 17.2. The average molecular weight is 306 g/mol. The number of rotatable bonds is 4. The van der Waals surface area contributed by atoms with E-state index in [1.807, 2.05) is 23.6 Å². The number of aryl methyl sites for hydroxylation is 2. The third kappa shape index (κ3) is 4.30. The summed E-state index contributed by atoms with van der Waals surface area (Å²) in [6.07, 6.45) is 0.784. The Morgan fingerprint density at radius 1 is 1.05 bits per heavy atom. The molecule has 0 aromatic heterocycles. The molecule has 0 aliphatic heterocycles. The molecule has 1 rings (SSSR count). The Kier molecular flexibility index (Phi) is 5.62. The lowest BCUT2D eigenvalue weighted by Gasteiger charge is -2.17. The maximum Gasteiger partial charge on any atom is 0.318 e. The molecule has 118 valence electrons. The topological polar surface area (TPSA) is 144 Å². The summed E-state index contributed by atoms with van der Waals surface area (Å²) in [4.78, 5) is 45.8. The van der Waals surface area contributed by atoms with Gasteiger partial charge in [-0.1, -0.05) is 25.1 Å². The molecule has 8 heteroatoms. The predicted octanol–water partition coefficient (Wildman–Crippen LogP) is 0.0308. The van der Waals surface area contributed by atoms with Gasteiger partial charge in [-0.05, 0) is 30.0 Å². The Hall–Kier alpha value is -2.90. The van der Waals surface area contributed by atoms with Crippen LogP contribution in [0.2, 0.25) is 0 Å². The number of hydrogen-bond acceptors (Lipinski definition) is 4. The molecule has 6 N–H and O–H groups in total. The number of urea groups is 2. The van der Waals surface area contributed by atoms with E-state index in [9.17, 15) is 19.2 Å². The third-order valence-corrected chi connectivity index (χ3v) is 3.07. The van der Waals surface area contributed by atoms with Gasteiger partial charge in [0.25, 0.3) is 0 Å². The molecular weight excluding hydrogens is 288 g/mol. The van der Waals surface area contributed by atoms with Gasteiger partial charge in [0.2, 0.25) is 11.8 Å². The first-order valence-electron chi connectivity index (χ1n) is 6.56. The molecule has 0 aliphatic carbocycles. The Labute approximate surface area is 127 Å². The van der Waals surface area contributed by atoms with E-state index in [-0.39, 0.29) is 0 Å². The monoisotopic (exact) mass is 306 g/mol. The van der Waals surface area contributed by atoms with Crippen LogP contribution < -0.4 is 22.1 Å². The molecule has 0 spiro atoms. The lowest BCUT2D eigenvalue weighted by Crippen LogP contribution is -2.46. The first-order valence-corrected chi connectivity index (χ1v) is 6.56. The Morgan fingerprint density at radius 3 is 1.91 bits per heavy atom. The molecule has 0 aliphatic rings. The molecule has 0 unspecified atom stereocenters. The normalized spacial score (nSPS) is 10.1. The zero-order valence-electron chi connectivity index (χ0n) is 12.3. The summed E-state index contributed by atoms with van der Waals surface area (Å²) in [5.41, 5.74) is 11.8. The van der Waals surface area contributed by atoms with Gasteiger partial charge in [-0.2, -0.15) is 0 Å². The van der Waals surface area contributed by atoms with Crippen molar-refractivity contribution in [3.63, 3.8) is 0 Å². The fourth-order valence-corrected chi connectivity index (χ4v) is 2.07. The van der Waals surface area contributed by atoms with Crippen LogP contribution in [-0.4, -0.2) is 23.9 Å². The molecule has 8 nitrogen and oxygen atoms in total. The Bertz CT molecular complexity index is 599. The van der Waals surface area contributed by atoms with Crippen molar-refractivity contribution in [2.24, 2.45) is 11.5 Å². The molecule has 0 fully saturated rings. The molecule has 0 saturated heterocycles. The van der Waals surface area contributed by atoms with Crippen LogP contribution in [0.4, 0.5) is 9.59 Å². The van der Waals surface area contributed by atoms with Crippen molar-refractivity contribution in [2.75, 3.05) is 0 Å². The maximum absolute atomic E-state index is 12.1. The molecule has 0 bridgehead atoms. The maximum atomic E-state index is 12.1. The van der Waals surface area contributed by atoms with E-state index in [2.05, 4.69) is 0 Å². The van der Waals surface area contributed by atoms with Crippen LogP contribution in [0.5, 0.6) is 0 Å². The lowest BCUT2D eigenvalue weighted by atomic mass is 9.91. The molecule has 0 radical (unpaired) electrons. The molecule has 0 saturated carbocycles. The van der Waals surface area contributed by atoms with Gasteiger partial charge < -0.3 is 11.5 Å². The van der Waals surface area contributed by atoms with E-state index >= 15 is 0 Å². The van der Waals surface area contributed by atoms with Crippen molar-refractivity contribution in [1.82, 2.24) is 10.6 Å². The highest BCUT2D eigenvalue weighted by Gasteiger charge is 2.31. The van der Waals surface area contributed by atoms with Crippen molar-refractivity contribution in [3.8, 4) is 0 Å². The van der Waals surface area contributed by atoms with Crippen LogP contribution in [-0.2, 0) is 16.0 Å². The largest absolute Gasteiger partial charge is 0.351 e. The van der Waals surface area contributed by atoms with Gasteiger partial charge in [0.1, 0.15) is 5.92 Å². The van der Waals surface area contributed by atoms with E-state index in [4.69, 9.17) is 11.5 Å². The van der Waals surface area contributed by atoms with Crippen LogP contribution in [0, 0.1) is 6.92 Å². The van der Waals surface area contributed by atoms with Gasteiger partial charge >= 0.3 is 12.1 Å². The quantitative estimate of drug-likeness (QED) is 0.581. The minimum Gasteiger partial charge on any atom is -0.351 e. The number of hydrogen-bond donors (Lipinski definition) is 4. The number of carbonyl (C=O) groups is 4. The Balaban J connectivity index is 3.24. The number of primary amides is 2. The fraction of sp³-hybridized carbons (Fsp3) is 0.286. The summed E-state index contributed by atoms with van der Waals surface area (Å²) in [5.74, 6) is -3.27. The molecule has 1 aromatic rings. The Morgan fingerprint density at radius 2 is 1.55 bits per heavy atom. The molecule has 6 amide bonds. The molecule has 0 heterocycles. The summed E-state index contributed by atoms with van der Waals surface area (Å²) >= 11 is 0. The third-order valence-electron chi connectivity index (χ3n) is 3.07. The van der Waals surface area contributed by atoms with Crippen molar-refractivity contribution in [2.45, 2.75) is 26.2 Å². The van der Waals surface area contributed by atoms with E-state index in [1.54, 1.807) is 19.1 Å². The van der Waals surface area contributed by atoms with Crippen LogP contribution in [0.25, 0.3) is 0 Å². The minimum absolute atomic E-state index is 0.356. The van der Waals surface area contributed by atoms with Crippen molar-refractivity contribution in [1.29, 1.82) is 0 Å². The SMILES string of the molecule is CCc1ccc(C(C(=O)NC(N)=O)C(=O)NC(N)=O)c(C)c1. The van der Waals surface area contributed by atoms with Crippen molar-refractivity contribution in [3.05, 3.63) is 34.9 Å². The van der Waals surface area contributed by atoms with Gasteiger partial charge in [-0.3, -0.25) is 20.2 Å². The minimum atomic E-state index is -1.41. The number of nitrogens with two attached hydrogens (primary N) is 2. The first-order chi connectivity index (χ1) is 10.3. The highest BCUT2D eigenvalue weighted by atomic mass is 16.2.